The molecule has 732 valence electrons. The van der Waals surface area contributed by atoms with E-state index in [0.717, 1.165) is 0 Å². The quantitative estimate of drug-likeness (QED) is 0.0371. The van der Waals surface area contributed by atoms with E-state index < -0.39 is 116 Å². The summed E-state index contributed by atoms with van der Waals surface area (Å²) in [5.41, 5.74) is -1.07. The lowest BCUT2D eigenvalue weighted by Gasteiger charge is -2.45. The fourth-order valence-corrected chi connectivity index (χ4v) is 20.8. The average Bonchev–Trinajstić information content (AvgIpc) is 0.725. The Labute approximate surface area is 849 Å². The maximum atomic E-state index is 15.6. The molecule has 42 heteroatoms. The van der Waals surface area contributed by atoms with E-state index in [1.54, 1.807) is 72.3 Å². The van der Waals surface area contributed by atoms with Crippen molar-refractivity contribution >= 4 is 172 Å². The van der Waals surface area contributed by atoms with Gasteiger partial charge in [0, 0.05) is 110 Å². The fraction of sp³-hybridized carbons (Fsp3) is 0.303. The van der Waals surface area contributed by atoms with E-state index in [0.29, 0.717) is 50.8 Å². The third kappa shape index (κ3) is 18.4. The van der Waals surface area contributed by atoms with Gasteiger partial charge in [-0.2, -0.15) is 15.8 Å². The fourth-order valence-electron chi connectivity index (χ4n) is 18.7. The number of phenols is 3. The zero-order valence-electron chi connectivity index (χ0n) is 78.0. The van der Waals surface area contributed by atoms with Gasteiger partial charge in [0.15, 0.2) is 34.9 Å². The zero-order chi connectivity index (χ0) is 104. The monoisotopic (exact) mass is 2100 g/mol. The molecule has 3 N–H and O–H groups in total. The normalized spacial score (nSPS) is 16.6. The van der Waals surface area contributed by atoms with Crippen LogP contribution in [0.1, 0.15) is 151 Å². The van der Waals surface area contributed by atoms with Crippen molar-refractivity contribution in [3.8, 4) is 86.3 Å². The number of pyridine rings is 9. The first-order chi connectivity index (χ1) is 66.5. The third-order valence-electron chi connectivity index (χ3n) is 24.8. The summed E-state index contributed by atoms with van der Waals surface area (Å²) in [5, 5.41) is 58.4. The lowest BCUT2D eigenvalue weighted by atomic mass is 10.0. The van der Waals surface area contributed by atoms with Crippen LogP contribution in [0.2, 0.25) is 45.2 Å². The Hall–Kier alpha value is -12.7. The van der Waals surface area contributed by atoms with Crippen molar-refractivity contribution in [2.24, 2.45) is 0 Å². The number of nitrogens with zero attached hydrogens (tertiary/aromatic N) is 18. The number of nitriles is 3. The predicted molar refractivity (Wildman–Crippen MR) is 537 cm³/mol. The van der Waals surface area contributed by atoms with E-state index in [9.17, 15) is 73.0 Å². The molecule has 27 nitrogen and oxygen atoms in total. The summed E-state index contributed by atoms with van der Waals surface area (Å²) in [4.78, 5) is 119. The Kier molecular flexibility index (Phi) is 31.0. The van der Waals surface area contributed by atoms with Crippen LogP contribution in [0.3, 0.4) is 0 Å². The number of anilines is 3. The van der Waals surface area contributed by atoms with Gasteiger partial charge in [-0.05, 0) is 151 Å². The third-order valence-corrected chi connectivity index (χ3v) is 27.7. The number of carbonyl (C=O) groups is 3. The van der Waals surface area contributed by atoms with Gasteiger partial charge < -0.3 is 44.7 Å². The molecule has 0 aliphatic carbocycles. The van der Waals surface area contributed by atoms with Crippen LogP contribution < -0.4 is 31.4 Å². The summed E-state index contributed by atoms with van der Waals surface area (Å²) < 4.78 is 93.8. The summed E-state index contributed by atoms with van der Waals surface area (Å²) in [6.07, 6.45) is 8.49. The SMILES string of the molecule is C=CC(=O)N1[C@H](C)CN(c2c(C#N)c(=O)n(-c3c(C)ccnc3C(C)C)c3nc(-c4c(O)c(Cl)c(F)c(Cl)c4F)c(Cl)cc23)C[C@@H]1C.C=CC(=O)N1[C@H](C)CN(c2c(C#N)c(=O)n(-c3c(C)ccnc3C(C)C)c3nc(-c4c(O)c(Cl)c(F)c(Cl)c4F)c(Cl)cc23)C[C@@H]1C.C=CC(=O)N1[C@H](C)CN(c2c(C#N)c(=O)n(-c3c(C)ccnc3C(C)C)c3nc(-c4c(O)c(Cl)c(F)c(Cl)c4F)c(Cl)cc23)C[C@@H]1C. The van der Waals surface area contributed by atoms with Gasteiger partial charge >= 0.3 is 0 Å². The molecule has 0 saturated carbocycles. The highest BCUT2D eigenvalue weighted by Gasteiger charge is 2.43. The van der Waals surface area contributed by atoms with Crippen LogP contribution >= 0.6 is 104 Å². The highest BCUT2D eigenvalue weighted by molar-refractivity contribution is 6.40. The average molecular weight is 2110 g/mol. The van der Waals surface area contributed by atoms with E-state index >= 15 is 13.2 Å². The molecule has 12 heterocycles. The Morgan fingerprint density at radius 2 is 0.596 bits per heavy atom. The van der Waals surface area contributed by atoms with E-state index in [4.69, 9.17) is 104 Å². The number of carbonyl (C=O) groups excluding carboxylic acids is 3. The van der Waals surface area contributed by atoms with Gasteiger partial charge in [0.2, 0.25) is 17.7 Å². The van der Waals surface area contributed by atoms with Crippen molar-refractivity contribution < 1.29 is 56.0 Å². The molecule has 12 aromatic rings. The number of hydrogen-bond acceptors (Lipinski definition) is 21. The maximum Gasteiger partial charge on any atom is 0.276 e. The second-order valence-corrected chi connectivity index (χ2v) is 38.6. The number of aromatic hydroxyl groups is 3. The van der Waals surface area contributed by atoms with Crippen molar-refractivity contribution in [2.75, 3.05) is 54.0 Å². The van der Waals surface area contributed by atoms with Crippen LogP contribution in [0.4, 0.5) is 43.4 Å². The number of piperazine rings is 3. The molecule has 3 saturated heterocycles. The second-order valence-electron chi connectivity index (χ2n) is 35.1. The molecule has 3 aromatic carbocycles. The number of fused-ring (bicyclic) bond motifs is 3. The first kappa shape index (κ1) is 106. The summed E-state index contributed by atoms with van der Waals surface area (Å²) in [6.45, 7) is 39.8. The molecule has 141 heavy (non-hydrogen) atoms. The molecular formula is C99H87Cl9F6N18O9. The minimum Gasteiger partial charge on any atom is -0.505 e. The molecule has 3 amide bonds. The Morgan fingerprint density at radius 1 is 0.383 bits per heavy atom. The first-order valence-electron chi connectivity index (χ1n) is 43.7. The number of hydrogen-bond donors (Lipinski definition) is 3. The minimum atomic E-state index is -1.37. The lowest BCUT2D eigenvalue weighted by Crippen LogP contribution is -2.58. The molecule has 9 aromatic heterocycles. The van der Waals surface area contributed by atoms with Gasteiger partial charge in [-0.15, -0.1) is 0 Å². The van der Waals surface area contributed by atoms with Crippen molar-refractivity contribution in [3.05, 3.63) is 255 Å². The van der Waals surface area contributed by atoms with Gasteiger partial charge in [0.05, 0.1) is 100 Å². The Balaban J connectivity index is 0.000000178. The van der Waals surface area contributed by atoms with Crippen molar-refractivity contribution in [1.29, 1.82) is 15.8 Å². The molecule has 3 fully saturated rings. The molecular weight excluding hydrogens is 2020 g/mol. The Bertz CT molecular complexity index is 6870. The molecule has 0 bridgehead atoms. The highest BCUT2D eigenvalue weighted by Crippen LogP contribution is 2.52. The smallest absolute Gasteiger partial charge is 0.276 e. The van der Waals surface area contributed by atoms with Gasteiger partial charge in [-0.3, -0.25) is 57.4 Å². The molecule has 0 radical (unpaired) electrons. The van der Waals surface area contributed by atoms with E-state index in [2.05, 4.69) is 67.8 Å². The van der Waals surface area contributed by atoms with Crippen LogP contribution in [0, 0.1) is 89.7 Å². The molecule has 6 atom stereocenters. The van der Waals surface area contributed by atoms with Crippen LogP contribution in [0.25, 0.3) is 83.9 Å². The lowest BCUT2D eigenvalue weighted by molar-refractivity contribution is -0.131. The Morgan fingerprint density at radius 3 is 0.787 bits per heavy atom. The molecule has 0 unspecified atom stereocenters. The summed E-state index contributed by atoms with van der Waals surface area (Å²) in [6, 6.07) is 13.4. The maximum absolute atomic E-state index is 15.6. The summed E-state index contributed by atoms with van der Waals surface area (Å²) in [5.74, 6) is -12.5. The van der Waals surface area contributed by atoms with Crippen molar-refractivity contribution in [3.63, 3.8) is 0 Å². The zero-order valence-corrected chi connectivity index (χ0v) is 84.8. The van der Waals surface area contributed by atoms with Crippen LogP contribution in [0.5, 0.6) is 17.2 Å². The summed E-state index contributed by atoms with van der Waals surface area (Å²) >= 11 is 55.8. The predicted octanol–water partition coefficient (Wildman–Crippen LogP) is 21.9. The second kappa shape index (κ2) is 41.5. The highest BCUT2D eigenvalue weighted by atomic mass is 35.5. The molecule has 0 spiro atoms. The molecule has 3 aliphatic rings. The van der Waals surface area contributed by atoms with Gasteiger partial charge in [-0.25, -0.2) is 41.3 Å². The largest absolute Gasteiger partial charge is 0.505 e. The van der Waals surface area contributed by atoms with Crippen molar-refractivity contribution in [2.45, 2.75) is 158 Å². The van der Waals surface area contributed by atoms with E-state index in [1.165, 1.54) is 50.1 Å². The van der Waals surface area contributed by atoms with Crippen LogP contribution in [0.15, 0.2) is 107 Å². The topological polar surface area (TPSA) is 346 Å². The molecule has 15 rings (SSSR count). The van der Waals surface area contributed by atoms with Gasteiger partial charge in [-0.1, -0.05) is 166 Å². The standard InChI is InChI=1S/3C33H29Cl3F2N6O3/c3*1-7-21(45)43-16(5)12-42(13-17(43)6)30-18-10-20(34)28(22-25(37)23(35)26(38)24(36)31(22)46)41-32(18)44(33(47)19(30)11-39)29-15(4)8-9-40-27(29)14(2)3/h3*7-10,14,16-17,46H,1,12-13H2,2-6H3/t3*16-,17+. The first-order valence-corrected chi connectivity index (χ1v) is 47.1. The minimum absolute atomic E-state index is 0.0540. The number of aromatic nitrogens is 9. The summed E-state index contributed by atoms with van der Waals surface area (Å²) in [7, 11) is 0. The van der Waals surface area contributed by atoms with Crippen molar-refractivity contribution in [1.82, 2.24) is 58.3 Å². The van der Waals surface area contributed by atoms with Crippen LogP contribution in [-0.4, -0.2) is 167 Å². The van der Waals surface area contributed by atoms with Gasteiger partial charge in [0.1, 0.15) is 99.2 Å². The van der Waals surface area contributed by atoms with E-state index in [1.807, 2.05) is 97.8 Å². The van der Waals surface area contributed by atoms with Crippen LogP contribution in [-0.2, 0) is 14.4 Å². The number of rotatable bonds is 15. The number of phenolic OH excluding ortho intramolecular Hbond substituents is 3. The number of halogens is 15. The number of amides is 3. The molecule has 3 aliphatic heterocycles. The van der Waals surface area contributed by atoms with E-state index in [-0.39, 0.29) is 210 Å². The number of aryl methyl sites for hydroxylation is 3. The number of benzene rings is 3. The van der Waals surface area contributed by atoms with Gasteiger partial charge in [0.25, 0.3) is 16.7 Å².